The predicted octanol–water partition coefficient (Wildman–Crippen LogP) is 3.05. The van der Waals surface area contributed by atoms with Crippen molar-refractivity contribution in [3.8, 4) is 11.5 Å². The molecule has 4 heteroatoms. The summed E-state index contributed by atoms with van der Waals surface area (Å²) in [6.45, 7) is 8.09. The number of benzene rings is 1. The third-order valence-corrected chi connectivity index (χ3v) is 4.23. The molecule has 0 saturated heterocycles. The number of ether oxygens (including phenoxy) is 2. The van der Waals surface area contributed by atoms with E-state index in [0.29, 0.717) is 26.1 Å². The lowest BCUT2D eigenvalue weighted by molar-refractivity contribution is -0.0114. The van der Waals surface area contributed by atoms with Gasteiger partial charge in [0.25, 0.3) is 0 Å². The van der Waals surface area contributed by atoms with E-state index < -0.39 is 5.60 Å². The Bertz CT molecular complexity index is 457. The van der Waals surface area contributed by atoms with Crippen LogP contribution in [0.25, 0.3) is 0 Å². The van der Waals surface area contributed by atoms with Crippen LogP contribution in [0.3, 0.4) is 0 Å². The Morgan fingerprint density at radius 1 is 1.33 bits per heavy atom. The first-order valence-corrected chi connectivity index (χ1v) is 7.97. The lowest BCUT2D eigenvalue weighted by Crippen LogP contribution is -2.34. The van der Waals surface area contributed by atoms with Crippen molar-refractivity contribution in [1.82, 2.24) is 5.32 Å². The van der Waals surface area contributed by atoms with E-state index in [2.05, 4.69) is 18.3 Å². The molecule has 1 heterocycles. The van der Waals surface area contributed by atoms with Crippen LogP contribution in [0.5, 0.6) is 11.5 Å². The molecule has 1 atom stereocenters. The number of fused-ring (bicyclic) bond motifs is 1. The third-order valence-electron chi connectivity index (χ3n) is 4.23. The van der Waals surface area contributed by atoms with Crippen molar-refractivity contribution < 1.29 is 14.6 Å². The molecule has 0 fully saturated rings. The highest BCUT2D eigenvalue weighted by molar-refractivity contribution is 5.45. The summed E-state index contributed by atoms with van der Waals surface area (Å²) in [4.78, 5) is 0. The Hall–Kier alpha value is -1.26. The molecule has 1 aromatic carbocycles. The van der Waals surface area contributed by atoms with Crippen LogP contribution in [0.1, 0.15) is 51.6 Å². The fourth-order valence-corrected chi connectivity index (χ4v) is 2.44. The van der Waals surface area contributed by atoms with Crippen LogP contribution in [0.15, 0.2) is 18.2 Å². The van der Waals surface area contributed by atoms with E-state index in [0.717, 1.165) is 24.5 Å². The van der Waals surface area contributed by atoms with Crippen LogP contribution in [0.4, 0.5) is 0 Å². The van der Waals surface area contributed by atoms with Gasteiger partial charge in [-0.3, -0.25) is 0 Å². The number of aliphatic hydroxyl groups is 1. The van der Waals surface area contributed by atoms with Gasteiger partial charge in [-0.1, -0.05) is 20.8 Å². The molecule has 0 aromatic heterocycles. The molecule has 0 saturated carbocycles. The number of rotatable bonds is 8. The number of hydrogen-bond donors (Lipinski definition) is 2. The first kappa shape index (κ1) is 16.1. The Labute approximate surface area is 127 Å². The molecule has 1 aliphatic rings. The fraction of sp³-hybridized carbons (Fsp3) is 0.647. The van der Waals surface area contributed by atoms with Crippen LogP contribution < -0.4 is 14.8 Å². The van der Waals surface area contributed by atoms with Crippen LogP contribution in [0, 0.1) is 0 Å². The van der Waals surface area contributed by atoms with Gasteiger partial charge in [0.05, 0.1) is 11.6 Å². The van der Waals surface area contributed by atoms with Crippen molar-refractivity contribution in [3.63, 3.8) is 0 Å². The van der Waals surface area contributed by atoms with Crippen molar-refractivity contribution in [2.75, 3.05) is 19.8 Å². The van der Waals surface area contributed by atoms with Gasteiger partial charge in [-0.05, 0) is 37.9 Å². The first-order chi connectivity index (χ1) is 10.1. The molecule has 4 nitrogen and oxygen atoms in total. The maximum atomic E-state index is 10.3. The van der Waals surface area contributed by atoms with Crippen molar-refractivity contribution in [2.45, 2.75) is 51.7 Å². The van der Waals surface area contributed by atoms with E-state index in [1.54, 1.807) is 0 Å². The van der Waals surface area contributed by atoms with Gasteiger partial charge in [-0.25, -0.2) is 0 Å². The number of hydrogen-bond acceptors (Lipinski definition) is 4. The molecule has 2 rings (SSSR count). The summed E-state index contributed by atoms with van der Waals surface area (Å²) >= 11 is 0. The average molecular weight is 293 g/mol. The van der Waals surface area contributed by atoms with Crippen LogP contribution in [0.2, 0.25) is 0 Å². The zero-order valence-corrected chi connectivity index (χ0v) is 13.3. The highest BCUT2D eigenvalue weighted by Gasteiger charge is 2.26. The smallest absolute Gasteiger partial charge is 0.127 e. The topological polar surface area (TPSA) is 50.7 Å². The minimum absolute atomic E-state index is 0.275. The summed E-state index contributed by atoms with van der Waals surface area (Å²) in [6, 6.07) is 6.22. The SMILES string of the molecule is CCCNC1COc2cc(OCC(O)(CC)CC)ccc21. The Morgan fingerprint density at radius 2 is 2.10 bits per heavy atom. The molecular formula is C17H27NO3. The second-order valence-corrected chi connectivity index (χ2v) is 5.74. The molecule has 0 radical (unpaired) electrons. The van der Waals surface area contributed by atoms with Gasteiger partial charge in [0, 0.05) is 11.6 Å². The minimum atomic E-state index is -0.745. The standard InChI is InChI=1S/C17H27NO3/c1-4-9-18-15-11-20-16-10-13(7-8-14(15)16)21-12-17(19,5-2)6-3/h7-8,10,15,18-19H,4-6,9,11-12H2,1-3H3. The van der Waals surface area contributed by atoms with Gasteiger partial charge in [-0.15, -0.1) is 0 Å². The maximum absolute atomic E-state index is 10.3. The summed E-state index contributed by atoms with van der Waals surface area (Å²) in [7, 11) is 0. The molecule has 0 spiro atoms. The average Bonchev–Trinajstić information content (AvgIpc) is 2.93. The van der Waals surface area contributed by atoms with Gasteiger partial charge < -0.3 is 19.9 Å². The predicted molar refractivity (Wildman–Crippen MR) is 84.0 cm³/mol. The Morgan fingerprint density at radius 3 is 2.76 bits per heavy atom. The normalized spacial score (nSPS) is 17.4. The van der Waals surface area contributed by atoms with E-state index in [1.165, 1.54) is 5.56 Å². The minimum Gasteiger partial charge on any atom is -0.491 e. The quantitative estimate of drug-likeness (QED) is 0.773. The van der Waals surface area contributed by atoms with E-state index in [1.807, 2.05) is 26.0 Å². The molecule has 21 heavy (non-hydrogen) atoms. The largest absolute Gasteiger partial charge is 0.491 e. The van der Waals surface area contributed by atoms with Crippen LogP contribution in [-0.4, -0.2) is 30.5 Å². The van der Waals surface area contributed by atoms with Gasteiger partial charge in [0.1, 0.15) is 24.7 Å². The lowest BCUT2D eigenvalue weighted by atomic mass is 9.99. The van der Waals surface area contributed by atoms with E-state index >= 15 is 0 Å². The summed E-state index contributed by atoms with van der Waals surface area (Å²) in [5.41, 5.74) is 0.447. The molecule has 1 unspecified atom stereocenters. The second kappa shape index (κ2) is 7.14. The monoisotopic (exact) mass is 293 g/mol. The Balaban J connectivity index is 1.99. The van der Waals surface area contributed by atoms with Gasteiger partial charge in [0.15, 0.2) is 0 Å². The number of nitrogens with one attached hydrogen (secondary N) is 1. The molecule has 118 valence electrons. The summed E-state index contributed by atoms with van der Waals surface area (Å²) < 4.78 is 11.5. The summed E-state index contributed by atoms with van der Waals surface area (Å²) in [6.07, 6.45) is 2.49. The van der Waals surface area contributed by atoms with E-state index in [-0.39, 0.29) is 6.04 Å². The lowest BCUT2D eigenvalue weighted by Gasteiger charge is -2.25. The Kier molecular flexibility index (Phi) is 5.48. The summed E-state index contributed by atoms with van der Waals surface area (Å²) in [5.74, 6) is 1.64. The molecule has 2 N–H and O–H groups in total. The first-order valence-electron chi connectivity index (χ1n) is 7.97. The molecule has 0 bridgehead atoms. The molecule has 1 aromatic rings. The zero-order chi connectivity index (χ0) is 15.3. The van der Waals surface area contributed by atoms with Crippen molar-refractivity contribution in [3.05, 3.63) is 23.8 Å². The van der Waals surface area contributed by atoms with Crippen molar-refractivity contribution in [2.24, 2.45) is 0 Å². The van der Waals surface area contributed by atoms with Crippen molar-refractivity contribution >= 4 is 0 Å². The molecule has 1 aliphatic heterocycles. The van der Waals surface area contributed by atoms with Gasteiger partial charge >= 0.3 is 0 Å². The highest BCUT2D eigenvalue weighted by Crippen LogP contribution is 2.35. The van der Waals surface area contributed by atoms with E-state index in [9.17, 15) is 5.11 Å². The van der Waals surface area contributed by atoms with Gasteiger partial charge in [-0.2, -0.15) is 0 Å². The fourth-order valence-electron chi connectivity index (χ4n) is 2.44. The van der Waals surface area contributed by atoms with E-state index in [4.69, 9.17) is 9.47 Å². The molecule has 0 aliphatic carbocycles. The summed E-state index contributed by atoms with van der Waals surface area (Å²) in [5, 5.41) is 13.7. The molecular weight excluding hydrogens is 266 g/mol. The van der Waals surface area contributed by atoms with Crippen LogP contribution >= 0.6 is 0 Å². The highest BCUT2D eigenvalue weighted by atomic mass is 16.5. The third kappa shape index (κ3) is 3.89. The second-order valence-electron chi connectivity index (χ2n) is 5.74. The van der Waals surface area contributed by atoms with Crippen LogP contribution in [-0.2, 0) is 0 Å². The molecule has 0 amide bonds. The van der Waals surface area contributed by atoms with Crippen molar-refractivity contribution in [1.29, 1.82) is 0 Å². The zero-order valence-electron chi connectivity index (χ0n) is 13.3. The maximum Gasteiger partial charge on any atom is 0.127 e. The van der Waals surface area contributed by atoms with Gasteiger partial charge in [0.2, 0.25) is 0 Å².